The first-order valence-corrected chi connectivity index (χ1v) is 4.94. The molecule has 1 aromatic rings. The fourth-order valence-electron chi connectivity index (χ4n) is 0.795. The standard InChI is InChI=1S/C7H12N4OS/c1-2-8-3-4-9-7(12)6-5-13-11-10-6/h5,8H,2-4H2,1H3,(H,9,12). The Hall–Kier alpha value is -1.01. The number of rotatable bonds is 5. The molecule has 0 radical (unpaired) electrons. The van der Waals surface area contributed by atoms with Gasteiger partial charge in [0.05, 0.1) is 0 Å². The lowest BCUT2D eigenvalue weighted by Crippen LogP contribution is -2.31. The summed E-state index contributed by atoms with van der Waals surface area (Å²) in [5, 5.41) is 11.1. The van der Waals surface area contributed by atoms with Gasteiger partial charge in [0.25, 0.3) is 5.91 Å². The molecule has 2 N–H and O–H groups in total. The van der Waals surface area contributed by atoms with Gasteiger partial charge in [-0.05, 0) is 18.1 Å². The summed E-state index contributed by atoms with van der Waals surface area (Å²) < 4.78 is 3.60. The first-order chi connectivity index (χ1) is 6.34. The minimum Gasteiger partial charge on any atom is -0.349 e. The Balaban J connectivity index is 2.19. The van der Waals surface area contributed by atoms with E-state index in [1.807, 2.05) is 6.92 Å². The van der Waals surface area contributed by atoms with Gasteiger partial charge in [-0.2, -0.15) is 0 Å². The first-order valence-electron chi connectivity index (χ1n) is 4.10. The zero-order valence-electron chi connectivity index (χ0n) is 7.41. The summed E-state index contributed by atoms with van der Waals surface area (Å²) in [6.07, 6.45) is 0. The molecule has 0 fully saturated rings. The van der Waals surface area contributed by atoms with Crippen LogP contribution in [0, 0.1) is 0 Å². The molecule has 1 amide bonds. The van der Waals surface area contributed by atoms with E-state index in [1.54, 1.807) is 5.38 Å². The van der Waals surface area contributed by atoms with E-state index in [1.165, 1.54) is 11.5 Å². The van der Waals surface area contributed by atoms with Crippen LogP contribution in [0.25, 0.3) is 0 Å². The van der Waals surface area contributed by atoms with E-state index < -0.39 is 0 Å². The Morgan fingerprint density at radius 1 is 1.62 bits per heavy atom. The molecule has 0 spiro atoms. The molecule has 0 aromatic carbocycles. The lowest BCUT2D eigenvalue weighted by atomic mass is 10.4. The van der Waals surface area contributed by atoms with Crippen LogP contribution >= 0.6 is 11.5 Å². The molecular weight excluding hydrogens is 188 g/mol. The Bertz CT molecular complexity index is 249. The van der Waals surface area contributed by atoms with Crippen LogP contribution in [-0.2, 0) is 0 Å². The van der Waals surface area contributed by atoms with Gasteiger partial charge in [-0.1, -0.05) is 11.4 Å². The molecule has 5 nitrogen and oxygen atoms in total. The van der Waals surface area contributed by atoms with Crippen molar-refractivity contribution in [1.82, 2.24) is 20.2 Å². The number of nitrogens with one attached hydrogen (secondary N) is 2. The predicted molar refractivity (Wildman–Crippen MR) is 50.8 cm³/mol. The van der Waals surface area contributed by atoms with Crippen molar-refractivity contribution in [3.8, 4) is 0 Å². The largest absolute Gasteiger partial charge is 0.349 e. The Labute approximate surface area is 80.7 Å². The van der Waals surface area contributed by atoms with E-state index in [-0.39, 0.29) is 5.91 Å². The highest BCUT2D eigenvalue weighted by molar-refractivity contribution is 7.03. The molecule has 0 aliphatic rings. The van der Waals surface area contributed by atoms with E-state index in [9.17, 15) is 4.79 Å². The van der Waals surface area contributed by atoms with E-state index in [0.29, 0.717) is 12.2 Å². The summed E-state index contributed by atoms with van der Waals surface area (Å²) in [5.41, 5.74) is 0.390. The average molecular weight is 200 g/mol. The molecule has 0 saturated heterocycles. The number of amides is 1. The summed E-state index contributed by atoms with van der Waals surface area (Å²) in [4.78, 5) is 11.2. The summed E-state index contributed by atoms with van der Waals surface area (Å²) in [6.45, 7) is 4.32. The minimum absolute atomic E-state index is 0.161. The number of carbonyl (C=O) groups excluding carboxylic acids is 1. The Morgan fingerprint density at radius 3 is 3.08 bits per heavy atom. The van der Waals surface area contributed by atoms with E-state index in [4.69, 9.17) is 0 Å². The summed E-state index contributed by atoms with van der Waals surface area (Å²) in [7, 11) is 0. The molecule has 6 heteroatoms. The van der Waals surface area contributed by atoms with Crippen molar-refractivity contribution in [3.05, 3.63) is 11.1 Å². The smallest absolute Gasteiger partial charge is 0.272 e. The maximum atomic E-state index is 11.2. The van der Waals surface area contributed by atoms with Crippen LogP contribution in [0.1, 0.15) is 17.4 Å². The molecule has 0 aliphatic heterocycles. The number of hydrogen-bond donors (Lipinski definition) is 2. The van der Waals surface area contributed by atoms with Gasteiger partial charge in [-0.3, -0.25) is 4.79 Å². The van der Waals surface area contributed by atoms with Gasteiger partial charge in [0.2, 0.25) is 0 Å². The third-order valence-corrected chi connectivity index (χ3v) is 1.93. The first kappa shape index (κ1) is 10.1. The molecule has 0 unspecified atom stereocenters. The molecule has 72 valence electrons. The minimum atomic E-state index is -0.161. The second kappa shape index (κ2) is 5.60. The second-order valence-corrected chi connectivity index (χ2v) is 3.01. The normalized spacial score (nSPS) is 9.92. The second-order valence-electron chi connectivity index (χ2n) is 2.40. The monoisotopic (exact) mass is 200 g/mol. The molecule has 1 rings (SSSR count). The van der Waals surface area contributed by atoms with E-state index in [0.717, 1.165) is 13.1 Å². The van der Waals surface area contributed by atoms with Crippen molar-refractivity contribution in [2.24, 2.45) is 0 Å². The van der Waals surface area contributed by atoms with Crippen molar-refractivity contribution >= 4 is 17.4 Å². The van der Waals surface area contributed by atoms with E-state index in [2.05, 4.69) is 20.2 Å². The SMILES string of the molecule is CCNCCNC(=O)c1csnn1. The lowest BCUT2D eigenvalue weighted by Gasteiger charge is -2.02. The van der Waals surface area contributed by atoms with Crippen LogP contribution < -0.4 is 10.6 Å². The molecule has 0 bridgehead atoms. The van der Waals surface area contributed by atoms with Gasteiger partial charge >= 0.3 is 0 Å². The summed E-state index contributed by atoms with van der Waals surface area (Å²) >= 11 is 1.17. The van der Waals surface area contributed by atoms with Gasteiger partial charge in [-0.15, -0.1) is 5.10 Å². The van der Waals surface area contributed by atoms with Gasteiger partial charge in [-0.25, -0.2) is 0 Å². The fourth-order valence-corrected chi connectivity index (χ4v) is 1.23. The molecule has 13 heavy (non-hydrogen) atoms. The van der Waals surface area contributed by atoms with Crippen molar-refractivity contribution in [1.29, 1.82) is 0 Å². The third kappa shape index (κ3) is 3.47. The maximum absolute atomic E-state index is 11.2. The molecule has 1 aromatic heterocycles. The third-order valence-electron chi connectivity index (χ3n) is 1.43. The summed E-state index contributed by atoms with van der Waals surface area (Å²) in [6, 6.07) is 0. The van der Waals surface area contributed by atoms with Gasteiger partial charge in [0, 0.05) is 18.5 Å². The quantitative estimate of drug-likeness (QED) is 0.650. The Kier molecular flexibility index (Phi) is 4.34. The lowest BCUT2D eigenvalue weighted by molar-refractivity contribution is 0.0949. The number of carbonyl (C=O) groups is 1. The highest BCUT2D eigenvalue weighted by Crippen LogP contribution is 1.95. The van der Waals surface area contributed by atoms with Crippen molar-refractivity contribution in [2.45, 2.75) is 6.92 Å². The Morgan fingerprint density at radius 2 is 2.46 bits per heavy atom. The maximum Gasteiger partial charge on any atom is 0.272 e. The van der Waals surface area contributed by atoms with Gasteiger partial charge in [0.1, 0.15) is 0 Å². The molecule has 0 aliphatic carbocycles. The van der Waals surface area contributed by atoms with Gasteiger partial charge in [0.15, 0.2) is 5.69 Å². The highest BCUT2D eigenvalue weighted by Gasteiger charge is 2.06. The van der Waals surface area contributed by atoms with E-state index >= 15 is 0 Å². The molecule has 0 atom stereocenters. The van der Waals surface area contributed by atoms with Crippen LogP contribution in [0.3, 0.4) is 0 Å². The van der Waals surface area contributed by atoms with Crippen LogP contribution in [-0.4, -0.2) is 35.1 Å². The van der Waals surface area contributed by atoms with Crippen molar-refractivity contribution in [3.63, 3.8) is 0 Å². The van der Waals surface area contributed by atoms with Crippen LogP contribution in [0.4, 0.5) is 0 Å². The van der Waals surface area contributed by atoms with Crippen molar-refractivity contribution in [2.75, 3.05) is 19.6 Å². The van der Waals surface area contributed by atoms with Crippen molar-refractivity contribution < 1.29 is 4.79 Å². The zero-order chi connectivity index (χ0) is 9.52. The molecule has 1 heterocycles. The zero-order valence-corrected chi connectivity index (χ0v) is 8.23. The number of aromatic nitrogens is 2. The predicted octanol–water partition coefficient (Wildman–Crippen LogP) is -0.123. The number of hydrogen-bond acceptors (Lipinski definition) is 5. The highest BCUT2D eigenvalue weighted by atomic mass is 32.1. The molecule has 0 saturated carbocycles. The number of nitrogens with zero attached hydrogens (tertiary/aromatic N) is 2. The van der Waals surface area contributed by atoms with Crippen LogP contribution in [0.5, 0.6) is 0 Å². The van der Waals surface area contributed by atoms with Gasteiger partial charge < -0.3 is 10.6 Å². The molecular formula is C7H12N4OS. The number of likely N-dealkylation sites (N-methyl/N-ethyl adjacent to an activating group) is 1. The average Bonchev–Trinajstić information content (AvgIpc) is 2.65. The van der Waals surface area contributed by atoms with Crippen LogP contribution in [0.15, 0.2) is 5.38 Å². The topological polar surface area (TPSA) is 66.9 Å². The summed E-state index contributed by atoms with van der Waals surface area (Å²) in [5.74, 6) is -0.161. The van der Waals surface area contributed by atoms with Crippen LogP contribution in [0.2, 0.25) is 0 Å². The fraction of sp³-hybridized carbons (Fsp3) is 0.571.